The molecule has 0 aliphatic carbocycles. The summed E-state index contributed by atoms with van der Waals surface area (Å²) in [7, 11) is 0. The summed E-state index contributed by atoms with van der Waals surface area (Å²) in [4.78, 5) is 31.9. The number of thiazole rings is 1. The van der Waals surface area contributed by atoms with Crippen LogP contribution in [0.2, 0.25) is 0 Å². The zero-order valence-corrected chi connectivity index (χ0v) is 16.7. The average molecular weight is 414 g/mol. The first-order chi connectivity index (χ1) is 13.7. The number of carbonyl (C=O) groups excluding carboxylic acids is 2. The standard InChI is InChI=1S/C20H19N3O3S2/c24-18(23-8-6-17-15(11-23)7-9-27-17)12-26-19(25)16-13-28-20(22-16)21-10-14-4-2-1-3-5-14/h1-5,7,9,13H,6,8,10-12H2,(H,21,22). The summed E-state index contributed by atoms with van der Waals surface area (Å²) in [5.41, 5.74) is 2.53. The van der Waals surface area contributed by atoms with E-state index in [2.05, 4.69) is 10.3 Å². The molecule has 3 aromatic rings. The Morgan fingerprint density at radius 1 is 1.18 bits per heavy atom. The first-order valence-electron chi connectivity index (χ1n) is 8.92. The molecule has 0 saturated carbocycles. The Morgan fingerprint density at radius 2 is 2.04 bits per heavy atom. The summed E-state index contributed by atoms with van der Waals surface area (Å²) in [5, 5.41) is 7.51. The van der Waals surface area contributed by atoms with Crippen LogP contribution in [0, 0.1) is 0 Å². The summed E-state index contributed by atoms with van der Waals surface area (Å²) >= 11 is 3.06. The Morgan fingerprint density at radius 3 is 2.89 bits per heavy atom. The van der Waals surface area contributed by atoms with Gasteiger partial charge in [0.25, 0.3) is 5.91 Å². The van der Waals surface area contributed by atoms with E-state index in [1.807, 2.05) is 41.8 Å². The van der Waals surface area contributed by atoms with Crippen LogP contribution in [0.15, 0.2) is 47.2 Å². The third-order valence-corrected chi connectivity index (χ3v) is 6.31. The van der Waals surface area contributed by atoms with Gasteiger partial charge in [-0.2, -0.15) is 0 Å². The minimum Gasteiger partial charge on any atom is -0.451 e. The second-order valence-electron chi connectivity index (χ2n) is 6.39. The van der Waals surface area contributed by atoms with E-state index in [4.69, 9.17) is 4.74 Å². The van der Waals surface area contributed by atoms with Gasteiger partial charge in [-0.1, -0.05) is 30.3 Å². The molecule has 8 heteroatoms. The van der Waals surface area contributed by atoms with Gasteiger partial charge in [0.05, 0.1) is 0 Å². The van der Waals surface area contributed by atoms with E-state index in [0.717, 1.165) is 12.0 Å². The van der Waals surface area contributed by atoms with Crippen LogP contribution in [-0.2, 0) is 29.0 Å². The number of thiophene rings is 1. The van der Waals surface area contributed by atoms with Crippen molar-refractivity contribution in [1.29, 1.82) is 0 Å². The number of ether oxygens (including phenoxy) is 1. The molecular formula is C20H19N3O3S2. The third-order valence-electron chi connectivity index (χ3n) is 4.49. The lowest BCUT2D eigenvalue weighted by Crippen LogP contribution is -2.38. The van der Waals surface area contributed by atoms with Crippen LogP contribution >= 0.6 is 22.7 Å². The summed E-state index contributed by atoms with van der Waals surface area (Å²) in [6, 6.07) is 12.0. The Kier molecular flexibility index (Phi) is 5.68. The Hall–Kier alpha value is -2.71. The number of esters is 1. The highest BCUT2D eigenvalue weighted by Gasteiger charge is 2.23. The molecule has 1 amide bonds. The molecule has 0 saturated heterocycles. The molecule has 0 atom stereocenters. The SMILES string of the molecule is O=C(OCC(=O)N1CCc2sccc2C1)c1csc(NCc2ccccc2)n1. The van der Waals surface area contributed by atoms with E-state index in [9.17, 15) is 9.59 Å². The van der Waals surface area contributed by atoms with Crippen molar-refractivity contribution in [3.63, 3.8) is 0 Å². The van der Waals surface area contributed by atoms with E-state index < -0.39 is 5.97 Å². The number of hydrogen-bond donors (Lipinski definition) is 1. The van der Waals surface area contributed by atoms with Gasteiger partial charge in [0.2, 0.25) is 0 Å². The first-order valence-corrected chi connectivity index (χ1v) is 10.7. The molecule has 0 unspecified atom stereocenters. The van der Waals surface area contributed by atoms with Crippen molar-refractivity contribution >= 4 is 39.7 Å². The number of nitrogens with one attached hydrogen (secondary N) is 1. The van der Waals surface area contributed by atoms with Crippen molar-refractivity contribution in [2.24, 2.45) is 0 Å². The van der Waals surface area contributed by atoms with E-state index >= 15 is 0 Å². The monoisotopic (exact) mass is 413 g/mol. The highest BCUT2D eigenvalue weighted by molar-refractivity contribution is 7.13. The fourth-order valence-electron chi connectivity index (χ4n) is 2.98. The molecule has 0 spiro atoms. The highest BCUT2D eigenvalue weighted by atomic mass is 32.1. The number of anilines is 1. The summed E-state index contributed by atoms with van der Waals surface area (Å²) in [6.07, 6.45) is 0.856. The second kappa shape index (κ2) is 8.53. The largest absolute Gasteiger partial charge is 0.451 e. The van der Waals surface area contributed by atoms with Gasteiger partial charge in [0.1, 0.15) is 0 Å². The smallest absolute Gasteiger partial charge is 0.358 e. The fourth-order valence-corrected chi connectivity index (χ4v) is 4.54. The minimum absolute atomic E-state index is 0.178. The molecule has 144 valence electrons. The van der Waals surface area contributed by atoms with Crippen LogP contribution in [0.25, 0.3) is 0 Å². The van der Waals surface area contributed by atoms with Gasteiger partial charge in [-0.3, -0.25) is 4.79 Å². The van der Waals surface area contributed by atoms with Gasteiger partial charge in [0.15, 0.2) is 17.4 Å². The third kappa shape index (κ3) is 4.40. The van der Waals surface area contributed by atoms with Crippen molar-refractivity contribution in [3.05, 3.63) is 68.9 Å². The lowest BCUT2D eigenvalue weighted by atomic mass is 10.1. The van der Waals surface area contributed by atoms with Gasteiger partial charge in [-0.25, -0.2) is 9.78 Å². The number of hydrogen-bond acceptors (Lipinski definition) is 7. The fraction of sp³-hybridized carbons (Fsp3) is 0.250. The number of carbonyl (C=O) groups is 2. The Labute approximate surface area is 170 Å². The van der Waals surface area contributed by atoms with Gasteiger partial charge in [-0.15, -0.1) is 22.7 Å². The minimum atomic E-state index is -0.578. The molecule has 4 rings (SSSR count). The van der Waals surface area contributed by atoms with Crippen molar-refractivity contribution < 1.29 is 14.3 Å². The predicted molar refractivity (Wildman–Crippen MR) is 110 cm³/mol. The van der Waals surface area contributed by atoms with E-state index in [1.54, 1.807) is 21.6 Å². The molecule has 1 aliphatic heterocycles. The lowest BCUT2D eigenvalue weighted by molar-refractivity contribution is -0.135. The number of fused-ring (bicyclic) bond motifs is 1. The first kappa shape index (κ1) is 18.6. The molecule has 2 aromatic heterocycles. The number of rotatable bonds is 6. The normalized spacial score (nSPS) is 13.1. The van der Waals surface area contributed by atoms with E-state index in [-0.39, 0.29) is 18.2 Å². The van der Waals surface area contributed by atoms with Gasteiger partial charge in [0, 0.05) is 29.9 Å². The van der Waals surface area contributed by atoms with E-state index in [0.29, 0.717) is 24.8 Å². The van der Waals surface area contributed by atoms with Gasteiger partial charge < -0.3 is 15.0 Å². The number of aromatic nitrogens is 1. The summed E-state index contributed by atoms with van der Waals surface area (Å²) in [5.74, 6) is -0.756. The molecule has 0 bridgehead atoms. The number of benzene rings is 1. The van der Waals surface area contributed by atoms with Crippen molar-refractivity contribution in [2.75, 3.05) is 18.5 Å². The predicted octanol–water partition coefficient (Wildman–Crippen LogP) is 3.56. The molecule has 1 aromatic carbocycles. The van der Waals surface area contributed by atoms with Crippen LogP contribution < -0.4 is 5.32 Å². The van der Waals surface area contributed by atoms with Crippen LogP contribution in [0.1, 0.15) is 26.5 Å². The van der Waals surface area contributed by atoms with Crippen molar-refractivity contribution in [1.82, 2.24) is 9.88 Å². The summed E-state index contributed by atoms with van der Waals surface area (Å²) < 4.78 is 5.18. The molecule has 1 N–H and O–H groups in total. The zero-order valence-electron chi connectivity index (χ0n) is 15.1. The maximum absolute atomic E-state index is 12.4. The Balaban J connectivity index is 1.26. The van der Waals surface area contributed by atoms with Crippen molar-refractivity contribution in [3.8, 4) is 0 Å². The van der Waals surface area contributed by atoms with Crippen molar-refractivity contribution in [2.45, 2.75) is 19.5 Å². The Bertz CT molecular complexity index is 968. The topological polar surface area (TPSA) is 71.5 Å². The molecule has 3 heterocycles. The highest BCUT2D eigenvalue weighted by Crippen LogP contribution is 2.24. The molecule has 1 aliphatic rings. The molecule has 0 fully saturated rings. The van der Waals surface area contributed by atoms with Gasteiger partial charge in [-0.05, 0) is 29.0 Å². The molecule has 6 nitrogen and oxygen atoms in total. The molecule has 0 radical (unpaired) electrons. The van der Waals surface area contributed by atoms with Crippen LogP contribution in [-0.4, -0.2) is 34.9 Å². The lowest BCUT2D eigenvalue weighted by Gasteiger charge is -2.26. The second-order valence-corrected chi connectivity index (χ2v) is 8.25. The van der Waals surface area contributed by atoms with E-state index in [1.165, 1.54) is 21.8 Å². The quantitative estimate of drug-likeness (QED) is 0.626. The molecular weight excluding hydrogens is 394 g/mol. The molecule has 28 heavy (non-hydrogen) atoms. The zero-order chi connectivity index (χ0) is 19.3. The maximum atomic E-state index is 12.4. The van der Waals surface area contributed by atoms with Crippen LogP contribution in [0.3, 0.4) is 0 Å². The van der Waals surface area contributed by atoms with Gasteiger partial charge >= 0.3 is 5.97 Å². The van der Waals surface area contributed by atoms with Crippen LogP contribution in [0.4, 0.5) is 5.13 Å². The number of nitrogens with zero attached hydrogens (tertiary/aromatic N) is 2. The number of amides is 1. The maximum Gasteiger partial charge on any atom is 0.358 e. The summed E-state index contributed by atoms with van der Waals surface area (Å²) in [6.45, 7) is 1.61. The van der Waals surface area contributed by atoms with Crippen LogP contribution in [0.5, 0.6) is 0 Å². The average Bonchev–Trinajstić information content (AvgIpc) is 3.39.